The number of aromatic carboxylic acids is 1. The first-order valence-electron chi connectivity index (χ1n) is 4.70. The van der Waals surface area contributed by atoms with E-state index in [0.29, 0.717) is 12.0 Å². The molecule has 1 N–H and O–H groups in total. The minimum absolute atomic E-state index is 0.348. The molecule has 0 aromatic heterocycles. The second-order valence-corrected chi connectivity index (χ2v) is 3.53. The molecule has 15 heavy (non-hydrogen) atoms. The Hall–Kier alpha value is -1.77. The van der Waals surface area contributed by atoms with E-state index in [0.717, 1.165) is 11.3 Å². The van der Waals surface area contributed by atoms with Crippen molar-refractivity contribution in [2.45, 2.75) is 6.42 Å². The molecule has 0 heterocycles. The molecule has 0 aliphatic heterocycles. The number of carboxylic acids is 1. The SMILES string of the molecule is C=CCc1cc(N(C)C)ccc1C(=O)O. The zero-order valence-corrected chi connectivity index (χ0v) is 9.03. The lowest BCUT2D eigenvalue weighted by atomic mass is 10.0. The Bertz CT molecular complexity index is 383. The van der Waals surface area contributed by atoms with Gasteiger partial charge in [0.15, 0.2) is 0 Å². The fraction of sp³-hybridized carbons (Fsp3) is 0.250. The van der Waals surface area contributed by atoms with Crippen LogP contribution in [-0.4, -0.2) is 25.2 Å². The van der Waals surface area contributed by atoms with E-state index in [9.17, 15) is 4.79 Å². The molecule has 0 amide bonds. The molecule has 3 nitrogen and oxygen atoms in total. The van der Waals surface area contributed by atoms with E-state index >= 15 is 0 Å². The van der Waals surface area contributed by atoms with Gasteiger partial charge >= 0.3 is 5.97 Å². The first kappa shape index (κ1) is 11.3. The average Bonchev–Trinajstić information content (AvgIpc) is 2.17. The molecule has 0 unspecified atom stereocenters. The maximum absolute atomic E-state index is 10.9. The topological polar surface area (TPSA) is 40.5 Å². The molecule has 1 rings (SSSR count). The van der Waals surface area contributed by atoms with Crippen molar-refractivity contribution >= 4 is 11.7 Å². The van der Waals surface area contributed by atoms with Crippen LogP contribution in [0.25, 0.3) is 0 Å². The number of carbonyl (C=O) groups is 1. The van der Waals surface area contributed by atoms with Gasteiger partial charge in [-0.2, -0.15) is 0 Å². The van der Waals surface area contributed by atoms with E-state index in [-0.39, 0.29) is 0 Å². The zero-order valence-electron chi connectivity index (χ0n) is 9.03. The van der Waals surface area contributed by atoms with Crippen molar-refractivity contribution < 1.29 is 9.90 Å². The standard InChI is InChI=1S/C12H15NO2/c1-4-5-9-8-10(13(2)3)6-7-11(9)12(14)15/h4,6-8H,1,5H2,2-3H3,(H,14,15). The number of hydrogen-bond acceptors (Lipinski definition) is 2. The van der Waals surface area contributed by atoms with Crippen molar-refractivity contribution in [3.05, 3.63) is 42.0 Å². The van der Waals surface area contributed by atoms with Gasteiger partial charge in [0.25, 0.3) is 0 Å². The van der Waals surface area contributed by atoms with E-state index < -0.39 is 5.97 Å². The van der Waals surface area contributed by atoms with Crippen LogP contribution in [0, 0.1) is 0 Å². The molecule has 0 aliphatic carbocycles. The number of hydrogen-bond donors (Lipinski definition) is 1. The minimum atomic E-state index is -0.892. The minimum Gasteiger partial charge on any atom is -0.478 e. The third-order valence-corrected chi connectivity index (χ3v) is 2.20. The van der Waals surface area contributed by atoms with Crippen molar-refractivity contribution in [2.75, 3.05) is 19.0 Å². The van der Waals surface area contributed by atoms with Crippen LogP contribution in [0.3, 0.4) is 0 Å². The van der Waals surface area contributed by atoms with Crippen LogP contribution in [0.4, 0.5) is 5.69 Å². The Morgan fingerprint density at radius 1 is 1.53 bits per heavy atom. The molecule has 0 bridgehead atoms. The van der Waals surface area contributed by atoms with Crippen LogP contribution in [0.2, 0.25) is 0 Å². The summed E-state index contributed by atoms with van der Waals surface area (Å²) in [5, 5.41) is 8.97. The van der Waals surface area contributed by atoms with Crippen molar-refractivity contribution in [3.63, 3.8) is 0 Å². The van der Waals surface area contributed by atoms with Crippen LogP contribution in [0.1, 0.15) is 15.9 Å². The number of nitrogens with zero attached hydrogens (tertiary/aromatic N) is 1. The smallest absolute Gasteiger partial charge is 0.335 e. The molecule has 3 heteroatoms. The van der Waals surface area contributed by atoms with Crippen molar-refractivity contribution in [3.8, 4) is 0 Å². The monoisotopic (exact) mass is 205 g/mol. The summed E-state index contributed by atoms with van der Waals surface area (Å²) >= 11 is 0. The molecule has 1 aromatic rings. The highest BCUT2D eigenvalue weighted by Crippen LogP contribution is 2.18. The molecule has 0 saturated heterocycles. The number of anilines is 1. The van der Waals surface area contributed by atoms with Crippen LogP contribution in [-0.2, 0) is 6.42 Å². The van der Waals surface area contributed by atoms with Gasteiger partial charge in [-0.3, -0.25) is 0 Å². The van der Waals surface area contributed by atoms with Gasteiger partial charge in [-0.25, -0.2) is 4.79 Å². The van der Waals surface area contributed by atoms with Gasteiger partial charge in [-0.1, -0.05) is 6.08 Å². The van der Waals surface area contributed by atoms with Crippen LogP contribution < -0.4 is 4.90 Å². The van der Waals surface area contributed by atoms with E-state index in [1.54, 1.807) is 18.2 Å². The highest BCUT2D eigenvalue weighted by molar-refractivity contribution is 5.90. The summed E-state index contributed by atoms with van der Waals surface area (Å²) in [5.41, 5.74) is 2.14. The number of rotatable bonds is 4. The van der Waals surface area contributed by atoms with Gasteiger partial charge in [-0.15, -0.1) is 6.58 Å². The Morgan fingerprint density at radius 2 is 2.20 bits per heavy atom. The molecule has 0 spiro atoms. The highest BCUT2D eigenvalue weighted by Gasteiger charge is 2.09. The van der Waals surface area contributed by atoms with Crippen LogP contribution in [0.5, 0.6) is 0 Å². The summed E-state index contributed by atoms with van der Waals surface area (Å²) in [6.07, 6.45) is 2.28. The number of carboxylic acid groups (broad SMARTS) is 1. The molecule has 0 fully saturated rings. The van der Waals surface area contributed by atoms with E-state index in [1.807, 2.05) is 25.1 Å². The summed E-state index contributed by atoms with van der Waals surface area (Å²) in [6, 6.07) is 5.32. The maximum Gasteiger partial charge on any atom is 0.335 e. The summed E-state index contributed by atoms with van der Waals surface area (Å²) in [7, 11) is 3.85. The van der Waals surface area contributed by atoms with Crippen molar-refractivity contribution in [2.24, 2.45) is 0 Å². The van der Waals surface area contributed by atoms with Gasteiger partial charge in [0.05, 0.1) is 5.56 Å². The molecule has 1 aromatic carbocycles. The van der Waals surface area contributed by atoms with Crippen molar-refractivity contribution in [1.29, 1.82) is 0 Å². The first-order valence-corrected chi connectivity index (χ1v) is 4.70. The molecule has 0 atom stereocenters. The van der Waals surface area contributed by atoms with Gasteiger partial charge < -0.3 is 10.0 Å². The van der Waals surface area contributed by atoms with Gasteiger partial charge in [-0.05, 0) is 30.2 Å². The molecule has 0 aliphatic rings. The Morgan fingerprint density at radius 3 is 2.67 bits per heavy atom. The third-order valence-electron chi connectivity index (χ3n) is 2.20. The van der Waals surface area contributed by atoms with Gasteiger partial charge in [0.1, 0.15) is 0 Å². The highest BCUT2D eigenvalue weighted by atomic mass is 16.4. The van der Waals surface area contributed by atoms with E-state index in [2.05, 4.69) is 6.58 Å². The lowest BCUT2D eigenvalue weighted by molar-refractivity contribution is 0.0696. The summed E-state index contributed by atoms with van der Waals surface area (Å²) in [6.45, 7) is 3.62. The largest absolute Gasteiger partial charge is 0.478 e. The maximum atomic E-state index is 10.9. The van der Waals surface area contributed by atoms with Gasteiger partial charge in [0.2, 0.25) is 0 Å². The van der Waals surface area contributed by atoms with Crippen LogP contribution in [0.15, 0.2) is 30.9 Å². The lowest BCUT2D eigenvalue weighted by Gasteiger charge is -2.14. The molecule has 80 valence electrons. The quantitative estimate of drug-likeness (QED) is 0.766. The second kappa shape index (κ2) is 4.64. The number of allylic oxidation sites excluding steroid dienone is 1. The lowest BCUT2D eigenvalue weighted by Crippen LogP contribution is -2.10. The molecule has 0 saturated carbocycles. The summed E-state index contributed by atoms with van der Waals surface area (Å²) in [5.74, 6) is -0.892. The van der Waals surface area contributed by atoms with Gasteiger partial charge in [0, 0.05) is 19.8 Å². The van der Waals surface area contributed by atoms with Crippen molar-refractivity contribution in [1.82, 2.24) is 0 Å². The predicted molar refractivity (Wildman–Crippen MR) is 61.6 cm³/mol. The summed E-state index contributed by atoms with van der Waals surface area (Å²) in [4.78, 5) is 12.9. The third kappa shape index (κ3) is 2.59. The fourth-order valence-electron chi connectivity index (χ4n) is 1.39. The first-order chi connectivity index (χ1) is 7.06. The summed E-state index contributed by atoms with van der Waals surface area (Å²) < 4.78 is 0. The molecular formula is C12H15NO2. The second-order valence-electron chi connectivity index (χ2n) is 3.53. The van der Waals surface area contributed by atoms with E-state index in [1.165, 1.54) is 0 Å². The Kier molecular flexibility index (Phi) is 3.50. The predicted octanol–water partition coefficient (Wildman–Crippen LogP) is 2.18. The Balaban J connectivity index is 3.20. The number of benzene rings is 1. The normalized spacial score (nSPS) is 9.73. The van der Waals surface area contributed by atoms with E-state index in [4.69, 9.17) is 5.11 Å². The Labute approximate surface area is 89.6 Å². The average molecular weight is 205 g/mol. The molecule has 0 radical (unpaired) electrons. The zero-order chi connectivity index (χ0) is 11.4. The molecular weight excluding hydrogens is 190 g/mol. The fourth-order valence-corrected chi connectivity index (χ4v) is 1.39. The van der Waals surface area contributed by atoms with Crippen LogP contribution >= 0.6 is 0 Å².